The number of hydrogen-bond donors (Lipinski definition) is 2. The summed E-state index contributed by atoms with van der Waals surface area (Å²) in [5.41, 5.74) is 9.23. The molecule has 29 heavy (non-hydrogen) atoms. The van der Waals surface area contributed by atoms with Gasteiger partial charge in [0, 0.05) is 18.0 Å². The molecule has 0 saturated heterocycles. The van der Waals surface area contributed by atoms with Crippen molar-refractivity contribution in [2.24, 2.45) is 5.73 Å². The highest BCUT2D eigenvalue weighted by Crippen LogP contribution is 2.25. The van der Waals surface area contributed by atoms with Crippen LogP contribution >= 0.6 is 36.2 Å². The van der Waals surface area contributed by atoms with E-state index in [0.717, 1.165) is 27.8 Å². The molecular formula is C21H27Cl2N3O2S. The lowest BCUT2D eigenvalue weighted by Gasteiger charge is -2.14. The van der Waals surface area contributed by atoms with Gasteiger partial charge in [-0.25, -0.2) is 4.98 Å². The highest BCUT2D eigenvalue weighted by molar-refractivity contribution is 7.13. The number of halogens is 2. The number of benzene rings is 1. The minimum absolute atomic E-state index is 0. The average molecular weight is 456 g/mol. The molecule has 2 aromatic heterocycles. The molecule has 3 aromatic rings. The lowest BCUT2D eigenvalue weighted by Crippen LogP contribution is -2.32. The summed E-state index contributed by atoms with van der Waals surface area (Å²) >= 11 is 1.47. The van der Waals surface area contributed by atoms with Gasteiger partial charge in [0.15, 0.2) is 10.8 Å². The molecule has 1 amide bonds. The Morgan fingerprint density at radius 1 is 1.14 bits per heavy atom. The number of carbonyl (C=O) groups is 1. The first-order valence-electron chi connectivity index (χ1n) is 9.05. The topological polar surface area (TPSA) is 81.2 Å². The fraction of sp³-hybridized carbons (Fsp3) is 0.333. The summed E-state index contributed by atoms with van der Waals surface area (Å²) in [4.78, 5) is 16.7. The molecule has 0 bridgehead atoms. The molecule has 1 aromatic carbocycles. The first kappa shape index (κ1) is 25.2. The predicted molar refractivity (Wildman–Crippen MR) is 123 cm³/mol. The number of hydrogen-bond acceptors (Lipinski definition) is 5. The zero-order chi connectivity index (χ0) is 19.4. The second kappa shape index (κ2) is 11.4. The quantitative estimate of drug-likeness (QED) is 0.522. The van der Waals surface area contributed by atoms with Crippen molar-refractivity contribution in [3.05, 3.63) is 64.4 Å². The number of nitrogens with two attached hydrogens (primary N) is 1. The maximum Gasteiger partial charge on any atom is 0.226 e. The van der Waals surface area contributed by atoms with E-state index < -0.39 is 0 Å². The molecule has 0 aliphatic heterocycles. The van der Waals surface area contributed by atoms with Crippen molar-refractivity contribution < 1.29 is 9.21 Å². The zero-order valence-corrected chi connectivity index (χ0v) is 19.1. The molecule has 8 heteroatoms. The Bertz CT molecular complexity index is 907. The van der Waals surface area contributed by atoms with Crippen molar-refractivity contribution in [2.45, 2.75) is 39.2 Å². The third-order valence-corrected chi connectivity index (χ3v) is 5.30. The van der Waals surface area contributed by atoms with Gasteiger partial charge in [0.2, 0.25) is 5.91 Å². The minimum Gasteiger partial charge on any atom is -0.459 e. The smallest absolute Gasteiger partial charge is 0.226 e. The van der Waals surface area contributed by atoms with Crippen LogP contribution in [-0.4, -0.2) is 17.4 Å². The zero-order valence-electron chi connectivity index (χ0n) is 16.7. The summed E-state index contributed by atoms with van der Waals surface area (Å²) in [7, 11) is 0. The Labute approximate surface area is 187 Å². The summed E-state index contributed by atoms with van der Waals surface area (Å²) in [5.74, 6) is 1.98. The number of amides is 1. The molecule has 1 unspecified atom stereocenters. The molecule has 0 radical (unpaired) electrons. The third kappa shape index (κ3) is 6.85. The van der Waals surface area contributed by atoms with Crippen LogP contribution in [0.2, 0.25) is 0 Å². The second-order valence-corrected chi connectivity index (χ2v) is 7.82. The first-order valence-corrected chi connectivity index (χ1v) is 9.93. The summed E-state index contributed by atoms with van der Waals surface area (Å²) < 4.78 is 5.57. The van der Waals surface area contributed by atoms with Crippen LogP contribution in [0.4, 0.5) is 0 Å². The maximum atomic E-state index is 12.2. The van der Waals surface area contributed by atoms with Crippen LogP contribution < -0.4 is 11.1 Å². The number of nitrogens with zero attached hydrogens (tertiary/aromatic N) is 1. The van der Waals surface area contributed by atoms with Gasteiger partial charge in [-0.05, 0) is 36.1 Å². The fourth-order valence-corrected chi connectivity index (χ4v) is 3.53. The van der Waals surface area contributed by atoms with Crippen molar-refractivity contribution in [2.75, 3.05) is 6.54 Å². The van der Waals surface area contributed by atoms with Gasteiger partial charge in [-0.1, -0.05) is 38.1 Å². The number of thiazole rings is 1. The van der Waals surface area contributed by atoms with E-state index in [2.05, 4.69) is 36.3 Å². The number of nitrogens with one attached hydrogen (secondary N) is 1. The summed E-state index contributed by atoms with van der Waals surface area (Å²) in [6.45, 7) is 6.61. The number of rotatable bonds is 7. The molecule has 158 valence electrons. The molecule has 0 spiro atoms. The maximum absolute atomic E-state index is 12.2. The Morgan fingerprint density at radius 3 is 2.38 bits per heavy atom. The van der Waals surface area contributed by atoms with Crippen molar-refractivity contribution >= 4 is 42.1 Å². The van der Waals surface area contributed by atoms with E-state index in [1.54, 1.807) is 0 Å². The fourth-order valence-electron chi connectivity index (χ4n) is 2.75. The van der Waals surface area contributed by atoms with Crippen molar-refractivity contribution in [1.82, 2.24) is 10.3 Å². The standard InChI is InChI=1S/C21H25N3O2S.2ClH/c1-13(2)15-5-7-16(8-6-15)18(22)11-23-20(25)10-17-12-27-21(24-17)19-9-4-14(3)26-19;;/h4-9,12-13,18H,10-11,22H2,1-3H3,(H,23,25);2*1H. The SMILES string of the molecule is Cc1ccc(-c2nc(CC(=O)NCC(N)c3ccc(C(C)C)cc3)cs2)o1.Cl.Cl. The molecule has 0 saturated carbocycles. The minimum atomic E-state index is -0.229. The van der Waals surface area contributed by atoms with Crippen LogP contribution in [0, 0.1) is 6.92 Å². The summed E-state index contributed by atoms with van der Waals surface area (Å²) in [6.07, 6.45) is 0.231. The van der Waals surface area contributed by atoms with Crippen LogP contribution in [0.1, 0.15) is 48.4 Å². The Kier molecular flexibility index (Phi) is 9.86. The van der Waals surface area contributed by atoms with E-state index in [-0.39, 0.29) is 43.2 Å². The normalized spacial score (nSPS) is 11.5. The highest BCUT2D eigenvalue weighted by atomic mass is 35.5. The molecule has 3 N–H and O–H groups in total. The average Bonchev–Trinajstić information content (AvgIpc) is 3.28. The molecule has 1 atom stereocenters. The summed E-state index contributed by atoms with van der Waals surface area (Å²) in [5, 5.41) is 5.57. The number of aryl methyl sites for hydroxylation is 1. The lowest BCUT2D eigenvalue weighted by molar-refractivity contribution is -0.120. The molecule has 3 rings (SSSR count). The van der Waals surface area contributed by atoms with Crippen molar-refractivity contribution in [1.29, 1.82) is 0 Å². The molecule has 2 heterocycles. The van der Waals surface area contributed by atoms with E-state index >= 15 is 0 Å². The Hall–Kier alpha value is -1.86. The number of aromatic nitrogens is 1. The Morgan fingerprint density at radius 2 is 1.79 bits per heavy atom. The van der Waals surface area contributed by atoms with Gasteiger partial charge in [-0.2, -0.15) is 0 Å². The van der Waals surface area contributed by atoms with E-state index in [0.29, 0.717) is 12.5 Å². The number of furan rings is 1. The molecule has 0 fully saturated rings. The van der Waals surface area contributed by atoms with Crippen molar-refractivity contribution in [3.63, 3.8) is 0 Å². The predicted octanol–water partition coefficient (Wildman–Crippen LogP) is 5.04. The van der Waals surface area contributed by atoms with Crippen LogP contribution in [0.15, 0.2) is 46.2 Å². The second-order valence-electron chi connectivity index (χ2n) is 6.96. The molecule has 0 aliphatic rings. The highest BCUT2D eigenvalue weighted by Gasteiger charge is 2.13. The van der Waals surface area contributed by atoms with Gasteiger partial charge in [0.05, 0.1) is 12.1 Å². The first-order chi connectivity index (χ1) is 12.9. The van der Waals surface area contributed by atoms with Gasteiger partial charge in [0.25, 0.3) is 0 Å². The van der Waals surface area contributed by atoms with E-state index in [4.69, 9.17) is 10.2 Å². The third-order valence-electron chi connectivity index (χ3n) is 4.39. The molecule has 5 nitrogen and oxygen atoms in total. The van der Waals surface area contributed by atoms with E-state index in [1.165, 1.54) is 16.9 Å². The van der Waals surface area contributed by atoms with Gasteiger partial charge in [-0.15, -0.1) is 36.2 Å². The largest absolute Gasteiger partial charge is 0.459 e. The molecular weight excluding hydrogens is 429 g/mol. The van der Waals surface area contributed by atoms with Gasteiger partial charge >= 0.3 is 0 Å². The van der Waals surface area contributed by atoms with Gasteiger partial charge < -0.3 is 15.5 Å². The lowest BCUT2D eigenvalue weighted by atomic mass is 9.99. The van der Waals surface area contributed by atoms with Crippen molar-refractivity contribution in [3.8, 4) is 10.8 Å². The van der Waals surface area contributed by atoms with E-state index in [9.17, 15) is 4.79 Å². The summed E-state index contributed by atoms with van der Waals surface area (Å²) in [6, 6.07) is 11.8. The Balaban J connectivity index is 0.00000210. The number of carbonyl (C=O) groups excluding carboxylic acids is 1. The van der Waals surface area contributed by atoms with Crippen LogP contribution in [0.5, 0.6) is 0 Å². The molecule has 0 aliphatic carbocycles. The van der Waals surface area contributed by atoms with Crippen LogP contribution in [-0.2, 0) is 11.2 Å². The van der Waals surface area contributed by atoms with Gasteiger partial charge in [-0.3, -0.25) is 4.79 Å². The van der Waals surface area contributed by atoms with Crippen LogP contribution in [0.25, 0.3) is 10.8 Å². The van der Waals surface area contributed by atoms with Crippen LogP contribution in [0.3, 0.4) is 0 Å². The van der Waals surface area contributed by atoms with E-state index in [1.807, 2.05) is 36.6 Å². The monoisotopic (exact) mass is 455 g/mol. The van der Waals surface area contributed by atoms with Gasteiger partial charge in [0.1, 0.15) is 5.76 Å².